The number of hydrogen-bond donors (Lipinski definition) is 0. The first-order chi connectivity index (χ1) is 23.3. The van der Waals surface area contributed by atoms with Gasteiger partial charge in [0.2, 0.25) is 13.9 Å². The highest BCUT2D eigenvalue weighted by Gasteiger charge is 2.96. The number of piperidine rings is 1. The number of hydrogen-bond acceptors (Lipinski definition) is 8. The van der Waals surface area contributed by atoms with E-state index in [1.807, 2.05) is 24.3 Å². The SMILES string of the molecule is CC[C@@]12C[C@H](O[Si](C(C)C)(C(C)C)C(C)C)C(=S)N3CC[C@]45c6ccc(OC)cc6N(C)[C@H]4[C@](C(=O)OC)(O[C@@]315)[C@@H]2OCc1ccccc1. The summed E-state index contributed by atoms with van der Waals surface area (Å²) in [4.78, 5) is 20.2. The number of methoxy groups -OCH3 is 2. The van der Waals surface area contributed by atoms with Gasteiger partial charge in [-0.05, 0) is 53.1 Å². The van der Waals surface area contributed by atoms with Crippen molar-refractivity contribution in [2.75, 3.05) is 32.7 Å². The van der Waals surface area contributed by atoms with Gasteiger partial charge in [0.05, 0.1) is 43.8 Å². The lowest BCUT2D eigenvalue weighted by Gasteiger charge is -2.62. The van der Waals surface area contributed by atoms with E-state index in [1.165, 1.54) is 12.7 Å². The van der Waals surface area contributed by atoms with Crippen LogP contribution in [0, 0.1) is 5.41 Å². The second-order valence-electron chi connectivity index (χ2n) is 16.0. The molecule has 0 saturated carbocycles. The molecular weight excluding hydrogens is 653 g/mol. The van der Waals surface area contributed by atoms with Crippen LogP contribution < -0.4 is 9.64 Å². The Hall–Kier alpha value is -2.50. The Morgan fingerprint density at radius 1 is 1.04 bits per heavy atom. The Kier molecular flexibility index (Phi) is 8.39. The van der Waals surface area contributed by atoms with E-state index >= 15 is 0 Å². The van der Waals surface area contributed by atoms with Gasteiger partial charge in [0.25, 0.3) is 0 Å². The first-order valence-electron chi connectivity index (χ1n) is 18.1. The van der Waals surface area contributed by atoms with Crippen molar-refractivity contribution in [3.63, 3.8) is 0 Å². The van der Waals surface area contributed by atoms with Crippen LogP contribution in [-0.4, -0.2) is 81.6 Å². The zero-order chi connectivity index (χ0) is 35.3. The van der Waals surface area contributed by atoms with E-state index in [9.17, 15) is 4.79 Å². The predicted molar refractivity (Wildman–Crippen MR) is 198 cm³/mol. The molecule has 266 valence electrons. The molecule has 0 amide bonds. The summed E-state index contributed by atoms with van der Waals surface area (Å²) >= 11 is 6.57. The number of carbonyl (C=O) groups is 1. The Morgan fingerprint density at radius 3 is 2.31 bits per heavy atom. The van der Waals surface area contributed by atoms with E-state index in [0.29, 0.717) is 42.6 Å². The van der Waals surface area contributed by atoms with Gasteiger partial charge in [-0.3, -0.25) is 0 Å². The van der Waals surface area contributed by atoms with E-state index in [2.05, 4.69) is 89.6 Å². The van der Waals surface area contributed by atoms with Crippen LogP contribution in [-0.2, 0) is 35.5 Å². The van der Waals surface area contributed by atoms with Gasteiger partial charge in [0, 0.05) is 25.3 Å². The van der Waals surface area contributed by atoms with Crippen molar-refractivity contribution in [1.29, 1.82) is 0 Å². The largest absolute Gasteiger partial charge is 0.497 e. The average molecular weight is 707 g/mol. The lowest BCUT2D eigenvalue weighted by atomic mass is 9.47. The molecule has 4 saturated heterocycles. The van der Waals surface area contributed by atoms with Gasteiger partial charge < -0.3 is 33.2 Å². The fourth-order valence-electron chi connectivity index (χ4n) is 12.0. The molecule has 5 aliphatic heterocycles. The van der Waals surface area contributed by atoms with Crippen molar-refractivity contribution in [2.24, 2.45) is 5.41 Å². The molecule has 10 heteroatoms. The molecule has 0 radical (unpaired) electrons. The van der Waals surface area contributed by atoms with Crippen LogP contribution in [0.5, 0.6) is 5.75 Å². The number of benzene rings is 2. The van der Waals surface area contributed by atoms with Gasteiger partial charge in [-0.2, -0.15) is 0 Å². The van der Waals surface area contributed by atoms with E-state index in [0.717, 1.165) is 28.4 Å². The van der Waals surface area contributed by atoms with Gasteiger partial charge in [-0.25, -0.2) is 4.79 Å². The summed E-state index contributed by atoms with van der Waals surface area (Å²) in [6, 6.07) is 16.1. The number of thiocarbonyl (C=S) groups is 1. The number of fused-ring (bicyclic) bond motifs is 3. The second-order valence-corrected chi connectivity index (χ2v) is 21.8. The third-order valence-electron chi connectivity index (χ3n) is 13.5. The smallest absolute Gasteiger partial charge is 0.343 e. The highest BCUT2D eigenvalue weighted by molar-refractivity contribution is 7.80. The third kappa shape index (κ3) is 4.01. The summed E-state index contributed by atoms with van der Waals surface area (Å²) in [5, 5.41) is 0. The lowest BCUT2D eigenvalue weighted by molar-refractivity contribution is -0.192. The maximum atomic E-state index is 14.8. The van der Waals surface area contributed by atoms with E-state index < -0.39 is 42.5 Å². The topological polar surface area (TPSA) is 69.7 Å². The summed E-state index contributed by atoms with van der Waals surface area (Å²) in [5.74, 6) is 0.379. The molecule has 0 N–H and O–H groups in total. The van der Waals surface area contributed by atoms with E-state index in [1.54, 1.807) is 7.11 Å². The van der Waals surface area contributed by atoms with Crippen LogP contribution in [0.1, 0.15) is 78.9 Å². The number of anilines is 1. The van der Waals surface area contributed by atoms with Gasteiger partial charge in [0.1, 0.15) is 16.8 Å². The maximum absolute atomic E-state index is 14.8. The summed E-state index contributed by atoms with van der Waals surface area (Å²) in [6.07, 6.45) is 1.18. The normalized spacial score (nSPS) is 34.2. The molecular formula is C39H54N2O6SSi. The molecule has 8 nitrogen and oxygen atoms in total. The molecule has 4 fully saturated rings. The molecule has 2 aromatic carbocycles. The molecule has 5 heterocycles. The molecule has 0 aromatic heterocycles. The maximum Gasteiger partial charge on any atom is 0.343 e. The fourth-order valence-corrected chi connectivity index (χ4v) is 17.9. The van der Waals surface area contributed by atoms with Crippen LogP contribution in [0.3, 0.4) is 0 Å². The Labute approximate surface area is 298 Å². The third-order valence-corrected chi connectivity index (χ3v) is 20.1. The number of nitrogens with zero attached hydrogens (tertiary/aromatic N) is 2. The van der Waals surface area contributed by atoms with E-state index in [-0.39, 0.29) is 12.1 Å². The minimum atomic E-state index is -2.36. The molecule has 49 heavy (non-hydrogen) atoms. The Bertz CT molecular complexity index is 1620. The van der Waals surface area contributed by atoms with Crippen LogP contribution in [0.15, 0.2) is 48.5 Å². The van der Waals surface area contributed by atoms with Crippen molar-refractivity contribution < 1.29 is 28.2 Å². The molecule has 5 aliphatic rings. The Morgan fingerprint density at radius 2 is 1.71 bits per heavy atom. The first kappa shape index (κ1) is 34.9. The van der Waals surface area contributed by atoms with Crippen LogP contribution in [0.2, 0.25) is 16.6 Å². The van der Waals surface area contributed by atoms with Crippen molar-refractivity contribution in [3.8, 4) is 5.75 Å². The van der Waals surface area contributed by atoms with Crippen molar-refractivity contribution in [1.82, 2.24) is 4.90 Å². The van der Waals surface area contributed by atoms with Gasteiger partial charge in [-0.15, -0.1) is 0 Å². The number of ether oxygens (including phenoxy) is 4. The minimum Gasteiger partial charge on any atom is -0.497 e. The number of esters is 1. The molecule has 7 rings (SSSR count). The second kappa shape index (κ2) is 11.8. The molecule has 0 aliphatic carbocycles. The monoisotopic (exact) mass is 706 g/mol. The fraction of sp³-hybridized carbons (Fsp3) is 0.641. The summed E-state index contributed by atoms with van der Waals surface area (Å²) in [7, 11) is 2.89. The number of carbonyl (C=O) groups excluding carboxylic acids is 1. The summed E-state index contributed by atoms with van der Waals surface area (Å²) in [6.45, 7) is 17.2. The zero-order valence-electron chi connectivity index (χ0n) is 30.9. The molecule has 7 atom stereocenters. The molecule has 2 aromatic rings. The van der Waals surface area contributed by atoms with Gasteiger partial charge >= 0.3 is 5.97 Å². The number of rotatable bonds is 11. The summed E-state index contributed by atoms with van der Waals surface area (Å²) < 4.78 is 34.0. The highest BCUT2D eigenvalue weighted by atomic mass is 32.1. The minimum absolute atomic E-state index is 0.303. The first-order valence-corrected chi connectivity index (χ1v) is 20.7. The highest BCUT2D eigenvalue weighted by Crippen LogP contribution is 2.80. The van der Waals surface area contributed by atoms with Crippen LogP contribution >= 0.6 is 12.2 Å². The zero-order valence-corrected chi connectivity index (χ0v) is 32.7. The van der Waals surface area contributed by atoms with Crippen LogP contribution in [0.25, 0.3) is 0 Å². The summed E-state index contributed by atoms with van der Waals surface area (Å²) in [5.41, 5.74) is 0.854. The van der Waals surface area contributed by atoms with Gasteiger partial charge in [-0.1, -0.05) is 97.1 Å². The predicted octanol–water partition coefficient (Wildman–Crippen LogP) is 7.38. The number of likely N-dealkylation sites (N-methyl/N-ethyl adjacent to an activating group) is 1. The lowest BCUT2D eigenvalue weighted by Crippen LogP contribution is -2.78. The molecule has 2 bridgehead atoms. The van der Waals surface area contributed by atoms with Crippen molar-refractivity contribution >= 4 is 37.2 Å². The van der Waals surface area contributed by atoms with Crippen molar-refractivity contribution in [2.45, 2.75) is 126 Å². The average Bonchev–Trinajstić information content (AvgIpc) is 3.73. The van der Waals surface area contributed by atoms with E-state index in [4.69, 9.17) is 35.6 Å². The quantitative estimate of drug-likeness (QED) is 0.135. The van der Waals surface area contributed by atoms with Gasteiger partial charge in [0.15, 0.2) is 5.72 Å². The Balaban J connectivity index is 1.48. The van der Waals surface area contributed by atoms with Crippen molar-refractivity contribution in [3.05, 3.63) is 59.7 Å². The standard InChI is InChI=1S/C39H54N2O6SSi/c1-11-36-22-31(46-49(24(2)3,25(4)5)26(6)7)32(48)41-20-19-37-29-18-17-28(43-9)21-30(29)40(8)33(37)38(35(42)44-10,47-39(36,37)41)34(36)45-23-27-15-13-12-14-16-27/h12-18,21,24-26,31,33-34H,11,19-20,22-23H2,1-10H3/t31-,33+,34+,36-,37-,38-,39-/m0/s1. The van der Waals surface area contributed by atoms with Crippen LogP contribution in [0.4, 0.5) is 5.69 Å². The molecule has 0 unspecified atom stereocenters. The molecule has 2 spiro atoms.